The van der Waals surface area contributed by atoms with Crippen molar-refractivity contribution in [1.82, 2.24) is 9.97 Å². The number of carbonyl (C=O) groups is 1. The number of carbonyl (C=O) groups excluding carboxylic acids is 1. The SMILES string of the molecule is O=C(Nc1ccc(Oc2ccncc2)cc1)c1csc(Cc2ccccc2F)n1. The van der Waals surface area contributed by atoms with Crippen molar-refractivity contribution in [3.63, 3.8) is 0 Å². The average Bonchev–Trinajstić information content (AvgIpc) is 3.21. The maximum absolute atomic E-state index is 13.8. The van der Waals surface area contributed by atoms with E-state index in [9.17, 15) is 9.18 Å². The monoisotopic (exact) mass is 405 g/mol. The first-order valence-corrected chi connectivity index (χ1v) is 9.72. The molecular weight excluding hydrogens is 389 g/mol. The summed E-state index contributed by atoms with van der Waals surface area (Å²) in [5.41, 5.74) is 1.48. The first kappa shape index (κ1) is 18.8. The lowest BCUT2D eigenvalue weighted by Crippen LogP contribution is -2.12. The van der Waals surface area contributed by atoms with Gasteiger partial charge in [-0.15, -0.1) is 11.3 Å². The number of hydrogen-bond acceptors (Lipinski definition) is 5. The Morgan fingerprint density at radius 2 is 1.72 bits per heavy atom. The van der Waals surface area contributed by atoms with Crippen LogP contribution in [0.15, 0.2) is 78.4 Å². The molecule has 2 aromatic heterocycles. The molecule has 1 amide bonds. The van der Waals surface area contributed by atoms with Crippen molar-refractivity contribution in [3.8, 4) is 11.5 Å². The van der Waals surface area contributed by atoms with Crippen molar-refractivity contribution < 1.29 is 13.9 Å². The lowest BCUT2D eigenvalue weighted by molar-refractivity contribution is 0.102. The second kappa shape index (κ2) is 8.62. The van der Waals surface area contributed by atoms with E-state index in [1.54, 1.807) is 72.4 Å². The van der Waals surface area contributed by atoms with Crippen molar-refractivity contribution in [2.45, 2.75) is 6.42 Å². The molecule has 0 unspecified atom stereocenters. The van der Waals surface area contributed by atoms with Crippen LogP contribution in [-0.4, -0.2) is 15.9 Å². The van der Waals surface area contributed by atoms with Gasteiger partial charge in [0.05, 0.1) is 5.01 Å². The molecule has 0 atom stereocenters. The minimum absolute atomic E-state index is 0.275. The molecular formula is C22H16FN3O2S. The van der Waals surface area contributed by atoms with Crippen LogP contribution in [0.2, 0.25) is 0 Å². The lowest BCUT2D eigenvalue weighted by atomic mass is 10.1. The van der Waals surface area contributed by atoms with Crippen LogP contribution in [0.1, 0.15) is 21.1 Å². The van der Waals surface area contributed by atoms with Crippen LogP contribution < -0.4 is 10.1 Å². The summed E-state index contributed by atoms with van der Waals surface area (Å²) in [4.78, 5) is 20.7. The Labute approximate surface area is 170 Å². The van der Waals surface area contributed by atoms with E-state index in [-0.39, 0.29) is 11.7 Å². The zero-order valence-electron chi connectivity index (χ0n) is 15.2. The van der Waals surface area contributed by atoms with Crippen LogP contribution in [0.25, 0.3) is 0 Å². The van der Waals surface area contributed by atoms with E-state index in [2.05, 4.69) is 15.3 Å². The smallest absolute Gasteiger partial charge is 0.275 e. The predicted molar refractivity (Wildman–Crippen MR) is 110 cm³/mol. The Hall–Kier alpha value is -3.58. The average molecular weight is 405 g/mol. The van der Waals surface area contributed by atoms with Gasteiger partial charge < -0.3 is 10.1 Å². The number of halogens is 1. The van der Waals surface area contributed by atoms with Crippen LogP contribution in [-0.2, 0) is 6.42 Å². The number of rotatable bonds is 6. The summed E-state index contributed by atoms with van der Waals surface area (Å²) in [5.74, 6) is 0.739. The van der Waals surface area contributed by atoms with Gasteiger partial charge in [-0.25, -0.2) is 9.37 Å². The topological polar surface area (TPSA) is 64.1 Å². The Morgan fingerprint density at radius 1 is 1.00 bits per heavy atom. The second-order valence-corrected chi connectivity index (χ2v) is 7.10. The largest absolute Gasteiger partial charge is 0.457 e. The number of benzene rings is 2. The van der Waals surface area contributed by atoms with Crippen molar-refractivity contribution in [1.29, 1.82) is 0 Å². The minimum atomic E-state index is -0.316. The standard InChI is InChI=1S/C22H16FN3O2S/c23-19-4-2-1-3-15(19)13-21-26-20(14-29-21)22(27)25-16-5-7-17(8-6-16)28-18-9-11-24-12-10-18/h1-12,14H,13H2,(H,25,27). The molecule has 1 N–H and O–H groups in total. The molecule has 4 aromatic rings. The quantitative estimate of drug-likeness (QED) is 0.472. The summed E-state index contributed by atoms with van der Waals surface area (Å²) < 4.78 is 19.5. The molecule has 144 valence electrons. The number of pyridine rings is 1. The molecule has 0 aliphatic heterocycles. The Kier molecular flexibility index (Phi) is 5.58. The third-order valence-corrected chi connectivity index (χ3v) is 4.93. The molecule has 7 heteroatoms. The van der Waals surface area contributed by atoms with Gasteiger partial charge in [0.15, 0.2) is 0 Å². The molecule has 0 aliphatic carbocycles. The maximum Gasteiger partial charge on any atom is 0.275 e. The van der Waals surface area contributed by atoms with Gasteiger partial charge >= 0.3 is 0 Å². The number of nitrogens with one attached hydrogen (secondary N) is 1. The molecule has 0 fully saturated rings. The molecule has 0 aliphatic rings. The molecule has 0 radical (unpaired) electrons. The van der Waals surface area contributed by atoms with E-state index in [1.807, 2.05) is 0 Å². The highest BCUT2D eigenvalue weighted by molar-refractivity contribution is 7.09. The Morgan fingerprint density at radius 3 is 2.48 bits per heavy atom. The Bertz CT molecular complexity index is 1110. The molecule has 29 heavy (non-hydrogen) atoms. The molecule has 0 saturated carbocycles. The Balaban J connectivity index is 1.38. The summed E-state index contributed by atoms with van der Waals surface area (Å²) >= 11 is 1.33. The number of hydrogen-bond donors (Lipinski definition) is 1. The third kappa shape index (κ3) is 4.83. The van der Waals surface area contributed by atoms with Gasteiger partial charge in [0.1, 0.15) is 23.0 Å². The minimum Gasteiger partial charge on any atom is -0.457 e. The molecule has 0 saturated heterocycles. The highest BCUT2D eigenvalue weighted by atomic mass is 32.1. The van der Waals surface area contributed by atoms with Crippen LogP contribution in [0, 0.1) is 5.82 Å². The van der Waals surface area contributed by atoms with E-state index in [4.69, 9.17) is 4.74 Å². The van der Waals surface area contributed by atoms with Gasteiger partial charge in [0.2, 0.25) is 0 Å². The summed E-state index contributed by atoms with van der Waals surface area (Å²) in [5, 5.41) is 5.16. The zero-order chi connectivity index (χ0) is 20.1. The van der Waals surface area contributed by atoms with Gasteiger partial charge in [0.25, 0.3) is 5.91 Å². The molecule has 0 bridgehead atoms. The van der Waals surface area contributed by atoms with Gasteiger partial charge in [-0.05, 0) is 48.0 Å². The van der Waals surface area contributed by atoms with E-state index in [0.29, 0.717) is 39.9 Å². The normalized spacial score (nSPS) is 10.5. The summed E-state index contributed by atoms with van der Waals surface area (Å²) in [6, 6.07) is 17.1. The number of amides is 1. The number of nitrogens with zero attached hydrogens (tertiary/aromatic N) is 2. The highest BCUT2D eigenvalue weighted by Gasteiger charge is 2.13. The van der Waals surface area contributed by atoms with Crippen LogP contribution in [0.3, 0.4) is 0 Å². The van der Waals surface area contributed by atoms with Gasteiger partial charge in [-0.3, -0.25) is 9.78 Å². The molecule has 2 heterocycles. The summed E-state index contributed by atoms with van der Waals surface area (Å²) in [6.45, 7) is 0. The summed E-state index contributed by atoms with van der Waals surface area (Å²) in [6.07, 6.45) is 3.65. The third-order valence-electron chi connectivity index (χ3n) is 4.08. The number of aromatic nitrogens is 2. The van der Waals surface area contributed by atoms with Crippen molar-refractivity contribution in [3.05, 3.63) is 101 Å². The fourth-order valence-corrected chi connectivity index (χ4v) is 3.44. The summed E-state index contributed by atoms with van der Waals surface area (Å²) in [7, 11) is 0. The van der Waals surface area contributed by atoms with Crippen molar-refractivity contribution in [2.75, 3.05) is 5.32 Å². The van der Waals surface area contributed by atoms with Crippen LogP contribution >= 0.6 is 11.3 Å². The molecule has 0 spiro atoms. The van der Waals surface area contributed by atoms with Crippen molar-refractivity contribution in [2.24, 2.45) is 0 Å². The lowest BCUT2D eigenvalue weighted by Gasteiger charge is -2.07. The fourth-order valence-electron chi connectivity index (χ4n) is 2.64. The van der Waals surface area contributed by atoms with Crippen LogP contribution in [0.5, 0.6) is 11.5 Å². The van der Waals surface area contributed by atoms with Crippen LogP contribution in [0.4, 0.5) is 10.1 Å². The van der Waals surface area contributed by atoms with Gasteiger partial charge in [-0.1, -0.05) is 18.2 Å². The highest BCUT2D eigenvalue weighted by Crippen LogP contribution is 2.23. The van der Waals surface area contributed by atoms with E-state index in [0.717, 1.165) is 0 Å². The van der Waals surface area contributed by atoms with Gasteiger partial charge in [0, 0.05) is 29.9 Å². The first-order valence-electron chi connectivity index (χ1n) is 8.84. The molecule has 2 aromatic carbocycles. The number of ether oxygens (including phenoxy) is 1. The van der Waals surface area contributed by atoms with E-state index in [1.165, 1.54) is 17.4 Å². The fraction of sp³-hybridized carbons (Fsp3) is 0.0455. The molecule has 4 rings (SSSR count). The van der Waals surface area contributed by atoms with Crippen molar-refractivity contribution >= 4 is 22.9 Å². The first-order chi connectivity index (χ1) is 14.2. The zero-order valence-corrected chi connectivity index (χ0v) is 16.0. The predicted octanol–water partition coefficient (Wildman–Crippen LogP) is 5.31. The van der Waals surface area contributed by atoms with E-state index < -0.39 is 0 Å². The molecule has 5 nitrogen and oxygen atoms in total. The second-order valence-electron chi connectivity index (χ2n) is 6.16. The van der Waals surface area contributed by atoms with Gasteiger partial charge in [-0.2, -0.15) is 0 Å². The number of thiazole rings is 1. The maximum atomic E-state index is 13.8. The number of anilines is 1. The van der Waals surface area contributed by atoms with E-state index >= 15 is 0 Å².